The summed E-state index contributed by atoms with van der Waals surface area (Å²) in [5.74, 6) is 0.839. The molecule has 12 nitrogen and oxygen atoms in total. The summed E-state index contributed by atoms with van der Waals surface area (Å²) in [7, 11) is -1.25. The van der Waals surface area contributed by atoms with Gasteiger partial charge in [0, 0.05) is 61.5 Å². The van der Waals surface area contributed by atoms with Gasteiger partial charge in [-0.1, -0.05) is 36.4 Å². The molecule has 0 aromatic heterocycles. The molecular formula is C34H41N3O9S. The molecule has 3 N–H and O–H groups in total. The van der Waals surface area contributed by atoms with Gasteiger partial charge >= 0.3 is 6.09 Å². The lowest BCUT2D eigenvalue weighted by molar-refractivity contribution is -0.126. The van der Waals surface area contributed by atoms with E-state index in [0.717, 1.165) is 22.4 Å². The summed E-state index contributed by atoms with van der Waals surface area (Å²) in [6.07, 6.45) is 0.250. The minimum atomic E-state index is -4.10. The third kappa shape index (κ3) is 7.32. The van der Waals surface area contributed by atoms with Crippen molar-refractivity contribution in [2.24, 2.45) is 5.92 Å². The molecule has 2 atom stereocenters. The van der Waals surface area contributed by atoms with Gasteiger partial charge in [-0.2, -0.15) is 0 Å². The number of hydrogen-bond acceptors (Lipinski definition) is 8. The lowest BCUT2D eigenvalue weighted by atomic mass is 9.69. The van der Waals surface area contributed by atoms with E-state index in [2.05, 4.69) is 10.0 Å². The predicted molar refractivity (Wildman–Crippen MR) is 174 cm³/mol. The average Bonchev–Trinajstić information content (AvgIpc) is 3.08. The van der Waals surface area contributed by atoms with E-state index in [4.69, 9.17) is 18.9 Å². The monoisotopic (exact) mass is 667 g/mol. The molecule has 2 heterocycles. The summed E-state index contributed by atoms with van der Waals surface area (Å²) >= 11 is 0. The Morgan fingerprint density at radius 1 is 0.979 bits per heavy atom. The topological polar surface area (TPSA) is 153 Å². The van der Waals surface area contributed by atoms with Crippen molar-refractivity contribution in [1.82, 2.24) is 14.9 Å². The number of amides is 2. The van der Waals surface area contributed by atoms with E-state index in [0.29, 0.717) is 36.9 Å². The number of para-hydroxylation sites is 2. The first-order valence-electron chi connectivity index (χ1n) is 15.6. The number of nitrogens with zero attached hydrogens (tertiary/aromatic N) is 1. The van der Waals surface area contributed by atoms with E-state index in [1.165, 1.54) is 32.4 Å². The van der Waals surface area contributed by atoms with Gasteiger partial charge in [-0.3, -0.25) is 4.79 Å². The molecule has 0 saturated carbocycles. The number of nitrogens with one attached hydrogen (secondary N) is 2. The number of sulfonamides is 1. The number of ether oxygens (including phenoxy) is 4. The van der Waals surface area contributed by atoms with Crippen molar-refractivity contribution in [2.75, 3.05) is 47.1 Å². The van der Waals surface area contributed by atoms with E-state index in [1.54, 1.807) is 0 Å². The lowest BCUT2D eigenvalue weighted by Gasteiger charge is -2.41. The van der Waals surface area contributed by atoms with Gasteiger partial charge in [0.25, 0.3) is 0 Å². The number of hydrogen-bond donors (Lipinski definition) is 3. The van der Waals surface area contributed by atoms with Crippen LogP contribution < -0.4 is 24.2 Å². The Bertz CT molecular complexity index is 1650. The van der Waals surface area contributed by atoms with Crippen LogP contribution in [-0.2, 0) is 25.0 Å². The number of methoxy groups -OCH3 is 2. The number of carbonyl (C=O) groups is 2. The van der Waals surface area contributed by atoms with Gasteiger partial charge in [-0.05, 0) is 50.5 Å². The zero-order valence-electron chi connectivity index (χ0n) is 26.7. The van der Waals surface area contributed by atoms with Gasteiger partial charge in [-0.25, -0.2) is 17.9 Å². The van der Waals surface area contributed by atoms with Crippen molar-refractivity contribution in [3.8, 4) is 23.0 Å². The Balaban J connectivity index is 1.38. The van der Waals surface area contributed by atoms with Gasteiger partial charge in [0.05, 0.1) is 25.0 Å². The van der Waals surface area contributed by atoms with Gasteiger partial charge in [0.15, 0.2) is 11.5 Å². The number of likely N-dealkylation sites (tertiary alicyclic amines) is 1. The molecule has 2 aliphatic heterocycles. The highest BCUT2D eigenvalue weighted by Gasteiger charge is 2.43. The van der Waals surface area contributed by atoms with Crippen LogP contribution in [0.4, 0.5) is 4.79 Å². The minimum absolute atomic E-state index is 0.0661. The molecule has 1 fully saturated rings. The van der Waals surface area contributed by atoms with Gasteiger partial charge < -0.3 is 34.3 Å². The van der Waals surface area contributed by atoms with Crippen LogP contribution in [0.25, 0.3) is 0 Å². The highest BCUT2D eigenvalue weighted by atomic mass is 32.2. The highest BCUT2D eigenvalue weighted by molar-refractivity contribution is 7.89. The fourth-order valence-corrected chi connectivity index (χ4v) is 7.77. The molecule has 3 aromatic carbocycles. The maximum absolute atomic E-state index is 13.9. The molecule has 1 saturated heterocycles. The largest absolute Gasteiger partial charge is 0.493 e. The second-order valence-corrected chi connectivity index (χ2v) is 13.4. The van der Waals surface area contributed by atoms with E-state index < -0.39 is 33.5 Å². The van der Waals surface area contributed by atoms with Crippen LogP contribution in [0.1, 0.15) is 37.3 Å². The van der Waals surface area contributed by atoms with Crippen molar-refractivity contribution in [3.05, 3.63) is 77.9 Å². The Kier molecular flexibility index (Phi) is 10.6. The summed E-state index contributed by atoms with van der Waals surface area (Å²) in [5.41, 5.74) is 1.23. The van der Waals surface area contributed by atoms with E-state index in [1.807, 2.05) is 55.5 Å². The first-order valence-corrected chi connectivity index (χ1v) is 17.0. The van der Waals surface area contributed by atoms with Crippen LogP contribution >= 0.6 is 0 Å². The summed E-state index contributed by atoms with van der Waals surface area (Å²) in [5, 5.41) is 13.0. The zero-order valence-corrected chi connectivity index (χ0v) is 27.5. The standard InChI is InChI=1S/C34H41N3O9S/c1-4-45-17-9-16-34(26-10-5-7-12-28(26)46-29-13-8-6-11-27(29)34)22-35-32(38)23-18-24(21-37(20-23)33(39)40)36-47(41,42)25-14-15-30(43-2)31(19-25)44-3/h5-8,10-15,19,23-24,36H,4,9,16-18,20-22H2,1-3H3,(H,35,38)(H,39,40)/t23-,24+/m0/s1. The molecule has 47 heavy (non-hydrogen) atoms. The van der Waals surface area contributed by atoms with Crippen molar-refractivity contribution in [1.29, 1.82) is 0 Å². The Morgan fingerprint density at radius 2 is 1.64 bits per heavy atom. The molecule has 2 aliphatic rings. The van der Waals surface area contributed by atoms with Crippen molar-refractivity contribution in [3.63, 3.8) is 0 Å². The molecule has 13 heteroatoms. The van der Waals surface area contributed by atoms with E-state index in [-0.39, 0.29) is 42.6 Å². The molecule has 0 spiro atoms. The van der Waals surface area contributed by atoms with Gasteiger partial charge in [-0.15, -0.1) is 0 Å². The van der Waals surface area contributed by atoms with Gasteiger partial charge in [0.1, 0.15) is 11.5 Å². The Labute approximate surface area is 275 Å². The number of piperidine rings is 1. The molecular weight excluding hydrogens is 626 g/mol. The zero-order chi connectivity index (χ0) is 33.6. The van der Waals surface area contributed by atoms with Crippen LogP contribution in [0.5, 0.6) is 23.0 Å². The van der Waals surface area contributed by atoms with E-state index >= 15 is 0 Å². The molecule has 2 amide bonds. The normalized spacial score (nSPS) is 18.3. The summed E-state index contributed by atoms with van der Waals surface area (Å²) in [4.78, 5) is 27.0. The molecule has 0 aliphatic carbocycles. The maximum Gasteiger partial charge on any atom is 0.407 e. The number of carboxylic acid groups (broad SMARTS) is 1. The molecule has 252 valence electrons. The molecule has 5 rings (SSSR count). The predicted octanol–water partition coefficient (Wildman–Crippen LogP) is 4.38. The minimum Gasteiger partial charge on any atom is -0.493 e. The van der Waals surface area contributed by atoms with Crippen molar-refractivity contribution in [2.45, 2.75) is 42.5 Å². The Morgan fingerprint density at radius 3 is 2.26 bits per heavy atom. The second-order valence-electron chi connectivity index (χ2n) is 11.6. The quantitative estimate of drug-likeness (QED) is 0.226. The summed E-state index contributed by atoms with van der Waals surface area (Å²) < 4.78 is 51.7. The fraction of sp³-hybridized carbons (Fsp3) is 0.412. The molecule has 0 bridgehead atoms. The summed E-state index contributed by atoms with van der Waals surface area (Å²) in [6, 6.07) is 18.8. The third-order valence-electron chi connectivity index (χ3n) is 8.76. The molecule has 0 unspecified atom stereocenters. The number of fused-ring (bicyclic) bond motifs is 2. The lowest BCUT2D eigenvalue weighted by Crippen LogP contribution is -2.56. The maximum atomic E-state index is 13.9. The fourth-order valence-electron chi connectivity index (χ4n) is 6.52. The molecule has 0 radical (unpaired) electrons. The first-order chi connectivity index (χ1) is 22.6. The van der Waals surface area contributed by atoms with Gasteiger partial charge in [0.2, 0.25) is 15.9 Å². The number of rotatable bonds is 13. The smallest absolute Gasteiger partial charge is 0.407 e. The van der Waals surface area contributed by atoms with E-state index in [9.17, 15) is 23.1 Å². The van der Waals surface area contributed by atoms with Crippen molar-refractivity contribution < 1.29 is 42.1 Å². The van der Waals surface area contributed by atoms with Crippen LogP contribution in [0.15, 0.2) is 71.6 Å². The third-order valence-corrected chi connectivity index (χ3v) is 10.3. The Hall–Kier alpha value is -4.33. The first kappa shape index (κ1) is 34.0. The number of benzene rings is 3. The SMILES string of the molecule is CCOCCCC1(CNC(=O)[C@H]2C[C@@H](NS(=O)(=O)c3ccc(OC)c(OC)c3)CN(C(=O)O)C2)c2ccccc2Oc2ccccc21. The average molecular weight is 668 g/mol. The van der Waals surface area contributed by atoms with Crippen molar-refractivity contribution >= 4 is 22.0 Å². The second kappa shape index (κ2) is 14.6. The molecule has 3 aromatic rings. The highest BCUT2D eigenvalue weighted by Crippen LogP contribution is 2.50. The summed E-state index contributed by atoms with van der Waals surface area (Å²) in [6.45, 7) is 3.14. The van der Waals surface area contributed by atoms with Crippen LogP contribution in [0.3, 0.4) is 0 Å². The number of carbonyl (C=O) groups excluding carboxylic acids is 1. The van der Waals surface area contributed by atoms with Crippen LogP contribution in [-0.4, -0.2) is 83.5 Å². The van der Waals surface area contributed by atoms with Crippen LogP contribution in [0, 0.1) is 5.92 Å². The van der Waals surface area contributed by atoms with Crippen LogP contribution in [0.2, 0.25) is 0 Å².